The molecule has 1 aliphatic rings. The molecule has 1 fully saturated rings. The lowest BCUT2D eigenvalue weighted by Gasteiger charge is -2.37. The van der Waals surface area contributed by atoms with Crippen LogP contribution in [-0.4, -0.2) is 46.9 Å². The maximum absolute atomic E-state index is 12.7. The van der Waals surface area contributed by atoms with Crippen molar-refractivity contribution in [1.82, 2.24) is 14.7 Å². The molecule has 2 atom stereocenters. The predicted molar refractivity (Wildman–Crippen MR) is 112 cm³/mol. The molecule has 1 aliphatic heterocycles. The summed E-state index contributed by atoms with van der Waals surface area (Å²) in [6, 6.07) is 8.70. The van der Waals surface area contributed by atoms with Crippen molar-refractivity contribution in [2.24, 2.45) is 13.0 Å². The second-order valence-electron chi connectivity index (χ2n) is 7.84. The zero-order valence-electron chi connectivity index (χ0n) is 17.6. The molecule has 2 heterocycles. The summed E-state index contributed by atoms with van der Waals surface area (Å²) in [6.07, 6.45) is 5.57. The number of amides is 1. The second kappa shape index (κ2) is 8.74. The number of ether oxygens (including phenoxy) is 1. The number of piperidine rings is 1. The molecule has 150 valence electrons. The topological polar surface area (TPSA) is 47.4 Å². The van der Waals surface area contributed by atoms with Crippen LogP contribution in [0.5, 0.6) is 0 Å². The molecule has 1 amide bonds. The third-order valence-corrected chi connectivity index (χ3v) is 5.89. The average Bonchev–Trinajstić information content (AvgIpc) is 2.93. The molecular formula is C23H31N3O2. The Balaban J connectivity index is 1.63. The summed E-state index contributed by atoms with van der Waals surface area (Å²) in [5.74, 6) is 0.474. The highest BCUT2D eigenvalue weighted by atomic mass is 16.5. The van der Waals surface area contributed by atoms with Gasteiger partial charge in [0.25, 0.3) is 0 Å². The summed E-state index contributed by atoms with van der Waals surface area (Å²) in [5.41, 5.74) is 5.63. The average molecular weight is 382 g/mol. The number of hydrogen-bond donors (Lipinski definition) is 0. The van der Waals surface area contributed by atoms with E-state index in [9.17, 15) is 4.79 Å². The number of aromatic nitrogens is 2. The first-order chi connectivity index (χ1) is 13.4. The summed E-state index contributed by atoms with van der Waals surface area (Å²) < 4.78 is 7.60. The van der Waals surface area contributed by atoms with Crippen molar-refractivity contribution in [3.05, 3.63) is 58.4 Å². The van der Waals surface area contributed by atoms with Gasteiger partial charge in [-0.15, -0.1) is 0 Å². The van der Waals surface area contributed by atoms with Gasteiger partial charge < -0.3 is 9.64 Å². The first-order valence-electron chi connectivity index (χ1n) is 9.94. The molecule has 0 saturated carbocycles. The molecule has 5 heteroatoms. The van der Waals surface area contributed by atoms with Crippen molar-refractivity contribution in [2.75, 3.05) is 20.2 Å². The highest BCUT2D eigenvalue weighted by Crippen LogP contribution is 2.25. The van der Waals surface area contributed by atoms with Crippen LogP contribution in [0.3, 0.4) is 0 Å². The summed E-state index contributed by atoms with van der Waals surface area (Å²) in [4.78, 5) is 14.6. The van der Waals surface area contributed by atoms with Crippen LogP contribution in [0.4, 0.5) is 0 Å². The summed E-state index contributed by atoms with van der Waals surface area (Å²) >= 11 is 0. The number of carbonyl (C=O) groups is 1. The van der Waals surface area contributed by atoms with Crippen LogP contribution in [0.1, 0.15) is 34.5 Å². The van der Waals surface area contributed by atoms with Gasteiger partial charge in [0.1, 0.15) is 0 Å². The van der Waals surface area contributed by atoms with Crippen LogP contribution in [0.15, 0.2) is 30.3 Å². The van der Waals surface area contributed by atoms with Gasteiger partial charge in [-0.1, -0.05) is 29.8 Å². The van der Waals surface area contributed by atoms with E-state index in [0.29, 0.717) is 12.5 Å². The molecule has 0 aliphatic carbocycles. The zero-order chi connectivity index (χ0) is 20.3. The molecule has 3 rings (SSSR count). The molecule has 0 bridgehead atoms. The minimum absolute atomic E-state index is 0.0403. The van der Waals surface area contributed by atoms with Crippen LogP contribution in [0, 0.1) is 26.7 Å². The van der Waals surface area contributed by atoms with Crippen molar-refractivity contribution in [1.29, 1.82) is 0 Å². The van der Waals surface area contributed by atoms with Crippen LogP contribution >= 0.6 is 0 Å². The van der Waals surface area contributed by atoms with E-state index in [0.717, 1.165) is 36.3 Å². The Morgan fingerprint density at radius 1 is 1.25 bits per heavy atom. The highest BCUT2D eigenvalue weighted by Gasteiger charge is 2.31. The fraction of sp³-hybridized carbons (Fsp3) is 0.478. The lowest BCUT2D eigenvalue weighted by molar-refractivity contribution is -0.131. The number of benzene rings is 1. The van der Waals surface area contributed by atoms with Crippen LogP contribution in [-0.2, 0) is 23.0 Å². The van der Waals surface area contributed by atoms with Gasteiger partial charge in [0, 0.05) is 44.6 Å². The van der Waals surface area contributed by atoms with Gasteiger partial charge in [0.2, 0.25) is 5.91 Å². The summed E-state index contributed by atoms with van der Waals surface area (Å²) in [7, 11) is 3.67. The first-order valence-corrected chi connectivity index (χ1v) is 9.94. The Bertz CT molecular complexity index is 851. The standard InChI is InChI=1S/C23H31N3O2/c1-16-6-8-19(9-7-16)14-20-12-13-26(15-22(20)28-5)23(27)11-10-21-17(2)24-25(4)18(21)3/h6-11,20,22H,12-15H2,1-5H3/b11-10+/t20-,22-/m1/s1. The Kier molecular flexibility index (Phi) is 6.35. The summed E-state index contributed by atoms with van der Waals surface area (Å²) in [5, 5.41) is 4.40. The number of hydrogen-bond acceptors (Lipinski definition) is 3. The third kappa shape index (κ3) is 4.53. The zero-order valence-corrected chi connectivity index (χ0v) is 17.6. The Hall–Kier alpha value is -2.40. The van der Waals surface area contributed by atoms with Gasteiger partial charge in [-0.3, -0.25) is 9.48 Å². The minimum atomic E-state index is 0.0403. The van der Waals surface area contributed by atoms with Gasteiger partial charge in [0.05, 0.1) is 11.8 Å². The molecule has 28 heavy (non-hydrogen) atoms. The SMILES string of the molecule is CO[C@@H]1CN(C(=O)/C=C/c2c(C)nn(C)c2C)CC[C@@H]1Cc1ccc(C)cc1. The number of rotatable bonds is 5. The number of likely N-dealkylation sites (tertiary alicyclic amines) is 1. The number of nitrogens with zero attached hydrogens (tertiary/aromatic N) is 3. The van der Waals surface area contributed by atoms with Crippen molar-refractivity contribution < 1.29 is 9.53 Å². The highest BCUT2D eigenvalue weighted by molar-refractivity contribution is 5.92. The molecule has 0 unspecified atom stereocenters. The van der Waals surface area contributed by atoms with Crippen molar-refractivity contribution in [3.63, 3.8) is 0 Å². The molecule has 1 aromatic carbocycles. The monoisotopic (exact) mass is 381 g/mol. The van der Waals surface area contributed by atoms with E-state index < -0.39 is 0 Å². The third-order valence-electron chi connectivity index (χ3n) is 5.89. The van der Waals surface area contributed by atoms with Crippen molar-refractivity contribution in [2.45, 2.75) is 39.7 Å². The number of methoxy groups -OCH3 is 1. The van der Waals surface area contributed by atoms with Gasteiger partial charge in [-0.05, 0) is 51.2 Å². The van der Waals surface area contributed by atoms with Gasteiger partial charge >= 0.3 is 0 Å². The Morgan fingerprint density at radius 3 is 2.57 bits per heavy atom. The largest absolute Gasteiger partial charge is 0.379 e. The predicted octanol–water partition coefficient (Wildman–Crippen LogP) is 3.46. The van der Waals surface area contributed by atoms with E-state index in [1.54, 1.807) is 13.2 Å². The fourth-order valence-electron chi connectivity index (χ4n) is 3.98. The molecular weight excluding hydrogens is 350 g/mol. The molecule has 0 N–H and O–H groups in total. The van der Waals surface area contributed by atoms with E-state index >= 15 is 0 Å². The van der Waals surface area contributed by atoms with Crippen LogP contribution in [0.25, 0.3) is 6.08 Å². The lowest BCUT2D eigenvalue weighted by Crippen LogP contribution is -2.47. The van der Waals surface area contributed by atoms with Crippen molar-refractivity contribution >= 4 is 12.0 Å². The van der Waals surface area contributed by atoms with Gasteiger partial charge in [-0.2, -0.15) is 5.10 Å². The Morgan fingerprint density at radius 2 is 1.96 bits per heavy atom. The van der Waals surface area contributed by atoms with E-state index in [2.05, 4.69) is 36.3 Å². The quantitative estimate of drug-likeness (QED) is 0.745. The van der Waals surface area contributed by atoms with Crippen LogP contribution < -0.4 is 0 Å². The lowest BCUT2D eigenvalue weighted by atomic mass is 9.87. The molecule has 1 saturated heterocycles. The fourth-order valence-corrected chi connectivity index (χ4v) is 3.98. The van der Waals surface area contributed by atoms with Gasteiger partial charge in [-0.25, -0.2) is 0 Å². The van der Waals surface area contributed by atoms with Gasteiger partial charge in [0.15, 0.2) is 0 Å². The maximum Gasteiger partial charge on any atom is 0.246 e. The Labute approximate surface area is 168 Å². The van der Waals surface area contributed by atoms with Crippen molar-refractivity contribution in [3.8, 4) is 0 Å². The van der Waals surface area contributed by atoms with E-state index in [1.165, 1.54) is 11.1 Å². The minimum Gasteiger partial charge on any atom is -0.379 e. The van der Waals surface area contributed by atoms with E-state index in [-0.39, 0.29) is 12.0 Å². The molecule has 2 aromatic rings. The molecule has 0 spiro atoms. The summed E-state index contributed by atoms with van der Waals surface area (Å²) in [6.45, 7) is 7.50. The van der Waals surface area contributed by atoms with E-state index in [4.69, 9.17) is 4.74 Å². The van der Waals surface area contributed by atoms with Crippen LogP contribution in [0.2, 0.25) is 0 Å². The normalized spacial score (nSPS) is 20.1. The molecule has 0 radical (unpaired) electrons. The smallest absolute Gasteiger partial charge is 0.246 e. The number of aryl methyl sites for hydroxylation is 3. The van der Waals surface area contributed by atoms with E-state index in [1.807, 2.05) is 36.6 Å². The second-order valence-corrected chi connectivity index (χ2v) is 7.84. The molecule has 1 aromatic heterocycles. The molecule has 5 nitrogen and oxygen atoms in total. The number of carbonyl (C=O) groups excluding carboxylic acids is 1. The maximum atomic E-state index is 12.7. The first kappa shape index (κ1) is 20.3.